The third-order valence-corrected chi connectivity index (χ3v) is 8.33. The molecule has 1 saturated heterocycles. The van der Waals surface area contributed by atoms with E-state index in [4.69, 9.17) is 14.5 Å². The summed E-state index contributed by atoms with van der Waals surface area (Å²) in [6, 6.07) is 26.8. The molecular weight excluding hydrogens is 518 g/mol. The molecule has 198 valence electrons. The van der Waals surface area contributed by atoms with Crippen LogP contribution >= 0.6 is 11.3 Å². The molecule has 6 aromatic rings. The van der Waals surface area contributed by atoms with Crippen LogP contribution in [0.15, 0.2) is 88.8 Å². The lowest BCUT2D eigenvalue weighted by Crippen LogP contribution is -2.49. The van der Waals surface area contributed by atoms with Gasteiger partial charge < -0.3 is 14.3 Å². The smallest absolute Gasteiger partial charge is 0.264 e. The van der Waals surface area contributed by atoms with Crippen LogP contribution in [0.1, 0.15) is 26.6 Å². The highest BCUT2D eigenvalue weighted by molar-refractivity contribution is 7.12. The van der Waals surface area contributed by atoms with Crippen LogP contribution in [0.25, 0.3) is 33.1 Å². The number of hydrogen-bond acceptors (Lipinski definition) is 7. The van der Waals surface area contributed by atoms with E-state index in [-0.39, 0.29) is 5.91 Å². The molecule has 0 bridgehead atoms. The molecule has 0 spiro atoms. The summed E-state index contributed by atoms with van der Waals surface area (Å²) in [4.78, 5) is 27.8. The molecule has 0 unspecified atom stereocenters. The van der Waals surface area contributed by atoms with Gasteiger partial charge in [0.15, 0.2) is 0 Å². The minimum absolute atomic E-state index is 0.0874. The van der Waals surface area contributed by atoms with E-state index in [0.717, 1.165) is 38.3 Å². The van der Waals surface area contributed by atoms with Gasteiger partial charge in [0.25, 0.3) is 11.6 Å². The van der Waals surface area contributed by atoms with Gasteiger partial charge in [0.2, 0.25) is 0 Å². The van der Waals surface area contributed by atoms with Crippen molar-refractivity contribution in [1.29, 1.82) is 0 Å². The maximum absolute atomic E-state index is 13.0. The van der Waals surface area contributed by atoms with Crippen LogP contribution in [0.4, 0.5) is 5.82 Å². The second kappa shape index (κ2) is 10.2. The number of fused-ring (bicyclic) bond motifs is 2. The standard InChI is InChI=1S/C32H27N5O2S/c1-21-8-10-22(11-9-21)19-27-33-30(36-14-16-37(17-15-36)32(38)26-7-4-18-40-26)28-29(35-39-31(28)34-27)25-13-12-23-5-2-3-6-24(23)20-25/h2-13,18,20H,14-17,19H2,1H3. The van der Waals surface area contributed by atoms with Gasteiger partial charge in [-0.3, -0.25) is 4.79 Å². The topological polar surface area (TPSA) is 75.4 Å². The average Bonchev–Trinajstić information content (AvgIpc) is 3.68. The van der Waals surface area contributed by atoms with Crippen molar-refractivity contribution in [3.05, 3.63) is 106 Å². The molecule has 1 fully saturated rings. The maximum Gasteiger partial charge on any atom is 0.264 e. The summed E-state index contributed by atoms with van der Waals surface area (Å²) in [7, 11) is 0. The molecule has 4 heterocycles. The van der Waals surface area contributed by atoms with Crippen LogP contribution in [0.5, 0.6) is 0 Å². The summed E-state index contributed by atoms with van der Waals surface area (Å²) in [6.07, 6.45) is 0.589. The molecule has 0 aliphatic carbocycles. The van der Waals surface area contributed by atoms with Crippen molar-refractivity contribution in [1.82, 2.24) is 20.0 Å². The highest BCUT2D eigenvalue weighted by Crippen LogP contribution is 2.35. The van der Waals surface area contributed by atoms with Gasteiger partial charge >= 0.3 is 0 Å². The Morgan fingerprint density at radius 3 is 2.48 bits per heavy atom. The maximum atomic E-state index is 13.0. The molecule has 0 radical (unpaired) electrons. The SMILES string of the molecule is Cc1ccc(Cc2nc(N3CCN(C(=O)c4cccs4)CC3)c3c(-c4ccc5ccccc5c4)noc3n2)cc1. The van der Waals surface area contributed by atoms with E-state index >= 15 is 0 Å². The van der Waals surface area contributed by atoms with Crippen molar-refractivity contribution in [2.75, 3.05) is 31.1 Å². The van der Waals surface area contributed by atoms with E-state index in [0.29, 0.717) is 44.1 Å². The van der Waals surface area contributed by atoms with Crippen LogP contribution < -0.4 is 4.90 Å². The molecule has 7 rings (SSSR count). The van der Waals surface area contributed by atoms with Gasteiger partial charge in [-0.25, -0.2) is 4.98 Å². The first-order valence-corrected chi connectivity index (χ1v) is 14.3. The Labute approximate surface area is 235 Å². The number of aromatic nitrogens is 3. The van der Waals surface area contributed by atoms with E-state index in [1.165, 1.54) is 22.3 Å². The number of hydrogen-bond donors (Lipinski definition) is 0. The van der Waals surface area contributed by atoms with E-state index < -0.39 is 0 Å². The second-order valence-corrected chi connectivity index (χ2v) is 11.1. The van der Waals surface area contributed by atoms with Crippen molar-refractivity contribution < 1.29 is 9.32 Å². The number of rotatable bonds is 5. The fourth-order valence-electron chi connectivity index (χ4n) is 5.29. The number of amides is 1. The fourth-order valence-corrected chi connectivity index (χ4v) is 5.98. The van der Waals surface area contributed by atoms with E-state index in [2.05, 4.69) is 71.6 Å². The molecule has 40 heavy (non-hydrogen) atoms. The zero-order valence-corrected chi connectivity index (χ0v) is 22.9. The summed E-state index contributed by atoms with van der Waals surface area (Å²) in [6.45, 7) is 4.64. The first kappa shape index (κ1) is 24.5. The molecule has 3 aromatic carbocycles. The highest BCUT2D eigenvalue weighted by atomic mass is 32.1. The third-order valence-electron chi connectivity index (χ3n) is 7.47. The highest BCUT2D eigenvalue weighted by Gasteiger charge is 2.28. The van der Waals surface area contributed by atoms with Crippen molar-refractivity contribution >= 4 is 44.9 Å². The first-order chi connectivity index (χ1) is 19.6. The van der Waals surface area contributed by atoms with Crippen LogP contribution in [0.3, 0.4) is 0 Å². The largest absolute Gasteiger partial charge is 0.352 e. The normalized spacial score (nSPS) is 13.8. The molecule has 8 heteroatoms. The molecule has 7 nitrogen and oxygen atoms in total. The first-order valence-electron chi connectivity index (χ1n) is 13.4. The fraction of sp³-hybridized carbons (Fsp3) is 0.188. The monoisotopic (exact) mass is 545 g/mol. The summed E-state index contributed by atoms with van der Waals surface area (Å²) in [5.74, 6) is 1.58. The Balaban J connectivity index is 1.27. The Morgan fingerprint density at radius 2 is 1.70 bits per heavy atom. The summed E-state index contributed by atoms with van der Waals surface area (Å²) in [5.41, 5.74) is 4.52. The van der Waals surface area contributed by atoms with Gasteiger partial charge in [-0.1, -0.05) is 77.5 Å². The number of carbonyl (C=O) groups is 1. The molecule has 1 amide bonds. The predicted molar refractivity (Wildman–Crippen MR) is 159 cm³/mol. The summed E-state index contributed by atoms with van der Waals surface area (Å²) in [5, 5.41) is 9.55. The quantitative estimate of drug-likeness (QED) is 0.251. The zero-order chi connectivity index (χ0) is 27.1. The van der Waals surface area contributed by atoms with Gasteiger partial charge in [0.05, 0.1) is 4.88 Å². The number of carbonyl (C=O) groups excluding carboxylic acids is 1. The molecule has 1 aliphatic heterocycles. The average molecular weight is 546 g/mol. The lowest BCUT2D eigenvalue weighted by Gasteiger charge is -2.35. The van der Waals surface area contributed by atoms with E-state index in [1.54, 1.807) is 0 Å². The number of piperazine rings is 1. The molecular formula is C32H27N5O2S. The molecule has 0 atom stereocenters. The van der Waals surface area contributed by atoms with Gasteiger partial charge in [0.1, 0.15) is 22.7 Å². The summed E-state index contributed by atoms with van der Waals surface area (Å²) >= 11 is 1.48. The van der Waals surface area contributed by atoms with Crippen LogP contribution in [-0.4, -0.2) is 52.1 Å². The van der Waals surface area contributed by atoms with Crippen LogP contribution in [-0.2, 0) is 6.42 Å². The Morgan fingerprint density at radius 1 is 0.900 bits per heavy atom. The van der Waals surface area contributed by atoms with Crippen molar-refractivity contribution in [2.45, 2.75) is 13.3 Å². The molecule has 0 N–H and O–H groups in total. The predicted octanol–water partition coefficient (Wildman–Crippen LogP) is 6.36. The number of nitrogens with zero attached hydrogens (tertiary/aromatic N) is 5. The van der Waals surface area contributed by atoms with Gasteiger partial charge in [-0.2, -0.15) is 4.98 Å². The van der Waals surface area contributed by atoms with Gasteiger partial charge in [-0.15, -0.1) is 11.3 Å². The lowest BCUT2D eigenvalue weighted by molar-refractivity contribution is 0.0751. The zero-order valence-electron chi connectivity index (χ0n) is 22.1. The molecule has 3 aromatic heterocycles. The van der Waals surface area contributed by atoms with Gasteiger partial charge in [-0.05, 0) is 40.8 Å². The Hall–Kier alpha value is -4.56. The Bertz CT molecular complexity index is 1820. The minimum Gasteiger partial charge on any atom is -0.352 e. The van der Waals surface area contributed by atoms with Crippen molar-refractivity contribution in [3.63, 3.8) is 0 Å². The van der Waals surface area contributed by atoms with E-state index in [1.807, 2.05) is 34.5 Å². The van der Waals surface area contributed by atoms with Crippen molar-refractivity contribution in [3.8, 4) is 11.3 Å². The number of anilines is 1. The van der Waals surface area contributed by atoms with Crippen LogP contribution in [0, 0.1) is 6.92 Å². The molecule has 1 aliphatic rings. The number of benzene rings is 3. The summed E-state index contributed by atoms with van der Waals surface area (Å²) < 4.78 is 5.86. The number of aryl methyl sites for hydroxylation is 1. The van der Waals surface area contributed by atoms with Gasteiger partial charge in [0, 0.05) is 38.2 Å². The Kier molecular flexibility index (Phi) is 6.24. The second-order valence-electron chi connectivity index (χ2n) is 10.2. The minimum atomic E-state index is 0.0874. The molecule has 0 saturated carbocycles. The third kappa shape index (κ3) is 4.60. The van der Waals surface area contributed by atoms with E-state index in [9.17, 15) is 4.79 Å². The van der Waals surface area contributed by atoms with Crippen molar-refractivity contribution in [2.24, 2.45) is 0 Å². The number of thiophene rings is 1. The lowest BCUT2D eigenvalue weighted by atomic mass is 10.0. The van der Waals surface area contributed by atoms with Crippen LogP contribution in [0.2, 0.25) is 0 Å².